The summed E-state index contributed by atoms with van der Waals surface area (Å²) in [6.45, 7) is 4.69. The van der Waals surface area contributed by atoms with E-state index in [2.05, 4.69) is 9.88 Å². The molecule has 1 aromatic rings. The van der Waals surface area contributed by atoms with Crippen molar-refractivity contribution in [1.29, 1.82) is 0 Å². The van der Waals surface area contributed by atoms with Gasteiger partial charge in [0.05, 0.1) is 13.2 Å². The zero-order valence-electron chi connectivity index (χ0n) is 10.5. The Morgan fingerprint density at radius 2 is 2.11 bits per heavy atom. The molecule has 1 aliphatic rings. The van der Waals surface area contributed by atoms with Gasteiger partial charge in [-0.15, -0.1) is 0 Å². The first-order chi connectivity index (χ1) is 8.75. The second-order valence-corrected chi connectivity index (χ2v) is 4.51. The Balaban J connectivity index is 1.77. The average molecular weight is 250 g/mol. The van der Waals surface area contributed by atoms with Gasteiger partial charge in [-0.1, -0.05) is 0 Å². The molecule has 2 N–H and O–H groups in total. The van der Waals surface area contributed by atoms with E-state index in [4.69, 9.17) is 14.8 Å². The highest BCUT2D eigenvalue weighted by Crippen LogP contribution is 2.02. The van der Waals surface area contributed by atoms with Crippen molar-refractivity contribution in [2.75, 3.05) is 32.8 Å². The summed E-state index contributed by atoms with van der Waals surface area (Å²) in [5.41, 5.74) is 1.42. The van der Waals surface area contributed by atoms with E-state index in [1.54, 1.807) is 18.3 Å². The molecule has 2 heterocycles. The molecule has 0 amide bonds. The maximum atomic E-state index is 9.08. The summed E-state index contributed by atoms with van der Waals surface area (Å²) in [6, 6.07) is 3.38. The molecule has 18 heavy (non-hydrogen) atoms. The van der Waals surface area contributed by atoms with Gasteiger partial charge in [-0.05, 0) is 37.0 Å². The molecule has 0 atom stereocenters. The highest BCUT2D eigenvalue weighted by Gasteiger charge is 2.12. The Morgan fingerprint density at radius 3 is 2.83 bits per heavy atom. The van der Waals surface area contributed by atoms with Crippen molar-refractivity contribution >= 4 is 12.6 Å². The second kappa shape index (κ2) is 6.85. The molecule has 5 nitrogen and oxygen atoms in total. The van der Waals surface area contributed by atoms with Crippen molar-refractivity contribution in [3.8, 4) is 0 Å². The number of morpholine rings is 1. The fourth-order valence-corrected chi connectivity index (χ4v) is 2.10. The predicted octanol–water partition coefficient (Wildman–Crippen LogP) is -0.974. The van der Waals surface area contributed by atoms with Gasteiger partial charge in [0.25, 0.3) is 0 Å². The van der Waals surface area contributed by atoms with Crippen LogP contribution in [0.1, 0.15) is 12.1 Å². The van der Waals surface area contributed by atoms with E-state index in [1.165, 1.54) is 0 Å². The Hall–Kier alpha value is -0.945. The van der Waals surface area contributed by atoms with Crippen LogP contribution in [0.25, 0.3) is 0 Å². The minimum Gasteiger partial charge on any atom is -0.423 e. The standard InChI is InChI=1S/C12H19BN2O3/c16-13(17)11-3-4-14-12(10-11)2-1-5-15-6-8-18-9-7-15/h3-4,10,16-17H,1-2,5-9H2. The monoisotopic (exact) mass is 250 g/mol. The van der Waals surface area contributed by atoms with E-state index in [0.29, 0.717) is 5.46 Å². The molecule has 0 spiro atoms. The smallest absolute Gasteiger partial charge is 0.423 e. The van der Waals surface area contributed by atoms with Crippen LogP contribution in [0.3, 0.4) is 0 Å². The fraction of sp³-hybridized carbons (Fsp3) is 0.583. The molecule has 0 bridgehead atoms. The number of hydrogen-bond acceptors (Lipinski definition) is 5. The lowest BCUT2D eigenvalue weighted by molar-refractivity contribution is 0.0374. The lowest BCUT2D eigenvalue weighted by atomic mass is 9.80. The summed E-state index contributed by atoms with van der Waals surface area (Å²) >= 11 is 0. The largest absolute Gasteiger partial charge is 0.488 e. The van der Waals surface area contributed by atoms with Crippen LogP contribution in [-0.4, -0.2) is 59.9 Å². The first-order valence-corrected chi connectivity index (χ1v) is 6.37. The number of pyridine rings is 1. The highest BCUT2D eigenvalue weighted by atomic mass is 16.5. The maximum absolute atomic E-state index is 9.08. The van der Waals surface area contributed by atoms with Crippen LogP contribution in [0.5, 0.6) is 0 Å². The number of rotatable bonds is 5. The van der Waals surface area contributed by atoms with Crippen molar-refractivity contribution in [2.24, 2.45) is 0 Å². The van der Waals surface area contributed by atoms with Crippen LogP contribution in [0.2, 0.25) is 0 Å². The van der Waals surface area contributed by atoms with E-state index < -0.39 is 7.12 Å². The predicted molar refractivity (Wildman–Crippen MR) is 69.6 cm³/mol. The van der Waals surface area contributed by atoms with Gasteiger partial charge >= 0.3 is 7.12 Å². The molecule has 1 fully saturated rings. The van der Waals surface area contributed by atoms with E-state index in [1.807, 2.05) is 0 Å². The minimum absolute atomic E-state index is 0.506. The maximum Gasteiger partial charge on any atom is 0.488 e. The normalized spacial score (nSPS) is 16.8. The summed E-state index contributed by atoms with van der Waals surface area (Å²) in [6.07, 6.45) is 3.51. The minimum atomic E-state index is -1.41. The first-order valence-electron chi connectivity index (χ1n) is 6.37. The van der Waals surface area contributed by atoms with Crippen LogP contribution in [-0.2, 0) is 11.2 Å². The van der Waals surface area contributed by atoms with E-state index in [-0.39, 0.29) is 0 Å². The van der Waals surface area contributed by atoms with Crippen molar-refractivity contribution < 1.29 is 14.8 Å². The molecule has 0 saturated carbocycles. The molecule has 0 aliphatic carbocycles. The topological polar surface area (TPSA) is 65.8 Å². The van der Waals surface area contributed by atoms with Crippen LogP contribution in [0.15, 0.2) is 18.3 Å². The van der Waals surface area contributed by atoms with Gasteiger partial charge in [0.2, 0.25) is 0 Å². The lowest BCUT2D eigenvalue weighted by Gasteiger charge is -2.26. The second-order valence-electron chi connectivity index (χ2n) is 4.51. The molecule has 1 aromatic heterocycles. The quantitative estimate of drug-likeness (QED) is 0.658. The first kappa shape index (κ1) is 13.5. The molecule has 98 valence electrons. The molecule has 6 heteroatoms. The Bertz CT molecular complexity index is 370. The molecular formula is C12H19BN2O3. The van der Waals surface area contributed by atoms with Crippen molar-refractivity contribution in [2.45, 2.75) is 12.8 Å². The molecule has 1 aliphatic heterocycles. The van der Waals surface area contributed by atoms with Crippen molar-refractivity contribution in [3.63, 3.8) is 0 Å². The molecule has 2 rings (SSSR count). The zero-order valence-corrected chi connectivity index (χ0v) is 10.5. The van der Waals surface area contributed by atoms with Gasteiger partial charge in [-0.2, -0.15) is 0 Å². The molecule has 0 radical (unpaired) electrons. The highest BCUT2D eigenvalue weighted by molar-refractivity contribution is 6.58. The van der Waals surface area contributed by atoms with Crippen LogP contribution >= 0.6 is 0 Å². The fourth-order valence-electron chi connectivity index (χ4n) is 2.10. The van der Waals surface area contributed by atoms with Crippen LogP contribution < -0.4 is 5.46 Å². The summed E-state index contributed by atoms with van der Waals surface area (Å²) in [5, 5.41) is 18.2. The molecule has 1 saturated heterocycles. The SMILES string of the molecule is OB(O)c1ccnc(CCCN2CCOCC2)c1. The third-order valence-electron chi connectivity index (χ3n) is 3.15. The number of hydrogen-bond donors (Lipinski definition) is 2. The van der Waals surface area contributed by atoms with Gasteiger partial charge in [0.1, 0.15) is 0 Å². The van der Waals surface area contributed by atoms with Gasteiger partial charge in [-0.25, -0.2) is 0 Å². The number of aromatic nitrogens is 1. The van der Waals surface area contributed by atoms with Crippen molar-refractivity contribution in [1.82, 2.24) is 9.88 Å². The summed E-state index contributed by atoms with van der Waals surface area (Å²) < 4.78 is 5.30. The third kappa shape index (κ3) is 4.06. The lowest BCUT2D eigenvalue weighted by Crippen LogP contribution is -2.37. The summed E-state index contributed by atoms with van der Waals surface area (Å²) in [5.74, 6) is 0. The number of aryl methyl sites for hydroxylation is 1. The summed E-state index contributed by atoms with van der Waals surface area (Å²) in [7, 11) is -1.41. The van der Waals surface area contributed by atoms with E-state index in [9.17, 15) is 0 Å². The van der Waals surface area contributed by atoms with Crippen LogP contribution in [0, 0.1) is 0 Å². The number of nitrogens with zero attached hydrogens (tertiary/aromatic N) is 2. The van der Waals surface area contributed by atoms with E-state index >= 15 is 0 Å². The van der Waals surface area contributed by atoms with Crippen LogP contribution in [0.4, 0.5) is 0 Å². The van der Waals surface area contributed by atoms with Gasteiger partial charge in [0.15, 0.2) is 0 Å². The summed E-state index contributed by atoms with van der Waals surface area (Å²) in [4.78, 5) is 6.62. The molecule has 0 aromatic carbocycles. The number of ether oxygens (including phenoxy) is 1. The Labute approximate surface area is 108 Å². The van der Waals surface area contributed by atoms with Gasteiger partial charge in [-0.3, -0.25) is 9.88 Å². The average Bonchev–Trinajstić information content (AvgIpc) is 2.40. The van der Waals surface area contributed by atoms with E-state index in [0.717, 1.165) is 51.4 Å². The van der Waals surface area contributed by atoms with Crippen molar-refractivity contribution in [3.05, 3.63) is 24.0 Å². The molecular weight excluding hydrogens is 231 g/mol. The third-order valence-corrected chi connectivity index (χ3v) is 3.15. The Morgan fingerprint density at radius 1 is 1.33 bits per heavy atom. The zero-order chi connectivity index (χ0) is 12.8. The molecule has 0 unspecified atom stereocenters. The Kier molecular flexibility index (Phi) is 5.13. The van der Waals surface area contributed by atoms with Gasteiger partial charge in [0, 0.05) is 25.0 Å². The van der Waals surface area contributed by atoms with Gasteiger partial charge < -0.3 is 14.8 Å².